The van der Waals surface area contributed by atoms with Crippen molar-refractivity contribution in [2.75, 3.05) is 0 Å². The molecule has 0 bridgehead atoms. The molecule has 3 heterocycles. The number of fused-ring (bicyclic) bond motifs is 1. The van der Waals surface area contributed by atoms with E-state index in [9.17, 15) is 24.6 Å². The van der Waals surface area contributed by atoms with Crippen LogP contribution in [0, 0.1) is 0 Å². The highest BCUT2D eigenvalue weighted by molar-refractivity contribution is 8.03. The van der Waals surface area contributed by atoms with Crippen LogP contribution in [-0.4, -0.2) is 56.5 Å². The van der Waals surface area contributed by atoms with Gasteiger partial charge in [-0.3, -0.25) is 9.59 Å². The number of β-lactam (4-membered cyclic amide) rings is 1. The zero-order chi connectivity index (χ0) is 17.4. The van der Waals surface area contributed by atoms with E-state index >= 15 is 0 Å². The van der Waals surface area contributed by atoms with Crippen molar-refractivity contribution in [3.63, 3.8) is 0 Å². The number of amides is 2. The highest BCUT2D eigenvalue weighted by Crippen LogP contribution is 2.40. The molecule has 1 aromatic rings. The van der Waals surface area contributed by atoms with Gasteiger partial charge in [0, 0.05) is 4.88 Å². The van der Waals surface area contributed by atoms with Gasteiger partial charge in [0.15, 0.2) is 6.04 Å². The Labute approximate surface area is 146 Å². The van der Waals surface area contributed by atoms with Gasteiger partial charge in [-0.05, 0) is 29.4 Å². The third kappa shape index (κ3) is 2.94. The molecule has 1 fully saturated rings. The summed E-state index contributed by atoms with van der Waals surface area (Å²) in [7, 11) is 0. The van der Waals surface area contributed by atoms with Crippen LogP contribution in [0.4, 0.5) is 0 Å². The molecule has 4 atom stereocenters. The number of aliphatic hydroxyl groups excluding tert-OH is 1. The van der Waals surface area contributed by atoms with Crippen LogP contribution in [0.15, 0.2) is 28.5 Å². The Morgan fingerprint density at radius 2 is 2.21 bits per heavy atom. The van der Waals surface area contributed by atoms with E-state index in [2.05, 4.69) is 5.32 Å². The number of aliphatic carboxylic acids is 1. The van der Waals surface area contributed by atoms with Crippen LogP contribution in [0.5, 0.6) is 0 Å². The fourth-order valence-electron chi connectivity index (χ4n) is 2.80. The van der Waals surface area contributed by atoms with Crippen LogP contribution in [0.3, 0.4) is 0 Å². The number of hydrogen-bond acceptors (Lipinski definition) is 6. The molecule has 1 aromatic heterocycles. The summed E-state index contributed by atoms with van der Waals surface area (Å²) in [5, 5.41) is 24.8. The summed E-state index contributed by atoms with van der Waals surface area (Å²) in [4.78, 5) is 38.0. The normalized spacial score (nSPS) is 26.9. The molecule has 0 spiro atoms. The molecule has 7 nitrogen and oxygen atoms in total. The fraction of sp³-hybridized carbons (Fsp3) is 0.400. The van der Waals surface area contributed by atoms with Crippen LogP contribution >= 0.6 is 23.1 Å². The minimum atomic E-state index is -1.19. The largest absolute Gasteiger partial charge is 0.479 e. The summed E-state index contributed by atoms with van der Waals surface area (Å²) < 4.78 is 0. The lowest BCUT2D eigenvalue weighted by Crippen LogP contribution is -2.74. The van der Waals surface area contributed by atoms with Gasteiger partial charge in [-0.2, -0.15) is 0 Å². The van der Waals surface area contributed by atoms with Gasteiger partial charge in [0.05, 0.1) is 12.5 Å². The van der Waals surface area contributed by atoms with Crippen molar-refractivity contribution >= 4 is 40.9 Å². The lowest BCUT2D eigenvalue weighted by atomic mass is 9.95. The highest BCUT2D eigenvalue weighted by Gasteiger charge is 2.56. The number of nitrogens with one attached hydrogen (secondary N) is 1. The predicted molar refractivity (Wildman–Crippen MR) is 89.4 cm³/mol. The van der Waals surface area contributed by atoms with Crippen molar-refractivity contribution in [3.05, 3.63) is 33.4 Å². The van der Waals surface area contributed by atoms with E-state index in [1.807, 2.05) is 17.5 Å². The first-order chi connectivity index (χ1) is 11.4. The molecular weight excluding hydrogens is 352 g/mol. The van der Waals surface area contributed by atoms with Crippen LogP contribution in [0.2, 0.25) is 0 Å². The second kappa shape index (κ2) is 6.58. The van der Waals surface area contributed by atoms with Crippen LogP contribution in [0.1, 0.15) is 11.8 Å². The number of nitrogens with zero attached hydrogens (tertiary/aromatic N) is 1. The molecule has 0 aromatic carbocycles. The van der Waals surface area contributed by atoms with Crippen molar-refractivity contribution in [1.82, 2.24) is 10.2 Å². The van der Waals surface area contributed by atoms with E-state index in [1.54, 1.807) is 5.41 Å². The Kier molecular flexibility index (Phi) is 4.66. The number of carboxylic acid groups (broad SMARTS) is 1. The van der Waals surface area contributed by atoms with Crippen LogP contribution in [0.25, 0.3) is 0 Å². The van der Waals surface area contributed by atoms with Crippen LogP contribution < -0.4 is 5.32 Å². The first-order valence-corrected chi connectivity index (χ1v) is 9.12. The number of carbonyl (C=O) groups is 3. The Balaban J connectivity index is 1.71. The van der Waals surface area contributed by atoms with E-state index in [0.717, 1.165) is 4.88 Å². The van der Waals surface area contributed by atoms with Crippen molar-refractivity contribution in [2.24, 2.45) is 0 Å². The third-order valence-corrected chi connectivity index (χ3v) is 6.03. The second-order valence-electron chi connectivity index (χ2n) is 5.61. The van der Waals surface area contributed by atoms with E-state index < -0.39 is 35.4 Å². The standard InChI is InChI=1S/C15H16N2O5S2/c1-7(18)9-6-24-14-11(13(20)17(14)12(9)15(21)22)16-10(19)5-8-3-2-4-23-8/h2-4,6-7,11-12,14,18H,5H2,1H3,(H,16,19)(H,21,22)/t7?,11?,12?,14-/m0/s1. The molecule has 2 amide bonds. The quantitative estimate of drug-likeness (QED) is 0.650. The number of carboxylic acids is 1. The molecule has 2 aliphatic rings. The van der Waals surface area contributed by atoms with Crippen molar-refractivity contribution < 1.29 is 24.6 Å². The predicted octanol–water partition coefficient (Wildman–Crippen LogP) is 0.408. The minimum absolute atomic E-state index is 0.190. The zero-order valence-electron chi connectivity index (χ0n) is 12.7. The number of hydrogen-bond donors (Lipinski definition) is 3. The van der Waals surface area contributed by atoms with Crippen molar-refractivity contribution in [3.8, 4) is 0 Å². The summed E-state index contributed by atoms with van der Waals surface area (Å²) in [6.07, 6.45) is -0.768. The molecule has 3 N–H and O–H groups in total. The van der Waals surface area contributed by atoms with Gasteiger partial charge >= 0.3 is 5.97 Å². The van der Waals surface area contributed by atoms with Gasteiger partial charge in [0.25, 0.3) is 0 Å². The molecule has 0 radical (unpaired) electrons. The van der Waals surface area contributed by atoms with E-state index in [4.69, 9.17) is 0 Å². The van der Waals surface area contributed by atoms with Gasteiger partial charge in [-0.25, -0.2) is 4.79 Å². The van der Waals surface area contributed by atoms with Crippen LogP contribution in [-0.2, 0) is 20.8 Å². The maximum absolute atomic E-state index is 12.3. The van der Waals surface area contributed by atoms with Crippen molar-refractivity contribution in [2.45, 2.75) is 36.9 Å². The maximum atomic E-state index is 12.3. The lowest BCUT2D eigenvalue weighted by molar-refractivity contribution is -0.160. The summed E-state index contributed by atoms with van der Waals surface area (Å²) >= 11 is 2.70. The summed E-state index contributed by atoms with van der Waals surface area (Å²) in [6, 6.07) is 1.76. The minimum Gasteiger partial charge on any atom is -0.479 e. The molecule has 24 heavy (non-hydrogen) atoms. The first-order valence-electron chi connectivity index (χ1n) is 7.30. The molecule has 0 aliphatic carbocycles. The third-order valence-electron chi connectivity index (χ3n) is 3.97. The van der Waals surface area contributed by atoms with E-state index in [-0.39, 0.29) is 17.9 Å². The Morgan fingerprint density at radius 3 is 2.79 bits per heavy atom. The van der Waals surface area contributed by atoms with Gasteiger partial charge in [-0.1, -0.05) is 6.07 Å². The Bertz CT molecular complexity index is 701. The average molecular weight is 368 g/mol. The number of thiophene rings is 1. The summed E-state index contributed by atoms with van der Waals surface area (Å²) in [5.74, 6) is -1.90. The lowest BCUT2D eigenvalue weighted by Gasteiger charge is -2.51. The maximum Gasteiger partial charge on any atom is 0.330 e. The summed E-state index contributed by atoms with van der Waals surface area (Å²) in [5.41, 5.74) is 0.278. The smallest absolute Gasteiger partial charge is 0.330 e. The molecular formula is C15H16N2O5S2. The number of thioether (sulfide) groups is 1. The topological polar surface area (TPSA) is 107 Å². The average Bonchev–Trinajstić information content (AvgIpc) is 3.03. The molecule has 3 rings (SSSR count). The van der Waals surface area contributed by atoms with Gasteiger partial charge in [0.2, 0.25) is 11.8 Å². The van der Waals surface area contributed by atoms with E-state index in [1.165, 1.54) is 34.9 Å². The van der Waals surface area contributed by atoms with Gasteiger partial charge < -0.3 is 20.4 Å². The zero-order valence-corrected chi connectivity index (χ0v) is 14.3. The van der Waals surface area contributed by atoms with Gasteiger partial charge in [-0.15, -0.1) is 23.1 Å². The van der Waals surface area contributed by atoms with E-state index in [0.29, 0.717) is 0 Å². The monoisotopic (exact) mass is 368 g/mol. The molecule has 9 heteroatoms. The summed E-state index contributed by atoms with van der Waals surface area (Å²) in [6.45, 7) is 1.47. The second-order valence-corrected chi connectivity index (χ2v) is 7.63. The first kappa shape index (κ1) is 17.0. The highest BCUT2D eigenvalue weighted by atomic mass is 32.2. The van der Waals surface area contributed by atoms with Crippen molar-refractivity contribution in [1.29, 1.82) is 0 Å². The molecule has 128 valence electrons. The molecule has 3 unspecified atom stereocenters. The Morgan fingerprint density at radius 1 is 1.46 bits per heavy atom. The molecule has 2 aliphatic heterocycles. The number of carbonyl (C=O) groups excluding carboxylic acids is 2. The molecule has 1 saturated heterocycles. The number of rotatable bonds is 5. The molecule has 0 saturated carbocycles. The Hall–Kier alpha value is -1.84. The van der Waals surface area contributed by atoms with Gasteiger partial charge in [0.1, 0.15) is 11.4 Å². The SMILES string of the molecule is CC(O)C1=CS[C@H]2C(NC(=O)Cc3cccs3)C(=O)N2C1C(=O)O. The fourth-order valence-corrected chi connectivity index (χ4v) is 4.82. The number of aliphatic hydroxyl groups is 1.